The molecule has 26 heavy (non-hydrogen) atoms. The molecule has 0 unspecified atom stereocenters. The Hall–Kier alpha value is -1.35. The van der Waals surface area contributed by atoms with Gasteiger partial charge in [-0.15, -0.1) is 0 Å². The van der Waals surface area contributed by atoms with Gasteiger partial charge in [-0.25, -0.2) is 13.2 Å². The Morgan fingerprint density at radius 1 is 1.35 bits per heavy atom. The number of likely N-dealkylation sites (tertiary alicyclic amines) is 1. The zero-order valence-electron chi connectivity index (χ0n) is 14.7. The quantitative estimate of drug-likeness (QED) is 0.839. The standard InChI is InChI=1S/C17H24ClN3O4S/c1-25-10-9-21-12-13-5-7-20(8-6-16(13)26(21,23)24)17(22)19-15-4-2-3-14(18)11-15/h2-4,11,13,16H,5-10,12H2,1H3,(H,19,22)/t13-,16-/m1/s1. The number of methoxy groups -OCH3 is 1. The number of hydrogen-bond acceptors (Lipinski definition) is 4. The fraction of sp³-hybridized carbons (Fsp3) is 0.588. The zero-order chi connectivity index (χ0) is 18.7. The molecule has 2 aliphatic rings. The molecule has 1 aromatic rings. The van der Waals surface area contributed by atoms with Gasteiger partial charge in [-0.3, -0.25) is 0 Å². The number of carbonyl (C=O) groups is 1. The molecule has 2 fully saturated rings. The first-order valence-corrected chi connectivity index (χ1v) is 10.6. The number of amides is 2. The maximum absolute atomic E-state index is 12.7. The van der Waals surface area contributed by atoms with Crippen molar-refractivity contribution in [2.45, 2.75) is 18.1 Å². The van der Waals surface area contributed by atoms with Gasteiger partial charge in [-0.1, -0.05) is 17.7 Å². The molecule has 0 spiro atoms. The highest BCUT2D eigenvalue weighted by atomic mass is 35.5. The maximum atomic E-state index is 12.7. The minimum absolute atomic E-state index is 0.0563. The molecule has 1 aromatic carbocycles. The van der Waals surface area contributed by atoms with Crippen LogP contribution in [0.5, 0.6) is 0 Å². The van der Waals surface area contributed by atoms with Crippen LogP contribution in [-0.2, 0) is 14.8 Å². The van der Waals surface area contributed by atoms with E-state index in [1.165, 1.54) is 4.31 Å². The van der Waals surface area contributed by atoms with Crippen molar-refractivity contribution in [2.24, 2.45) is 5.92 Å². The highest BCUT2D eigenvalue weighted by molar-refractivity contribution is 7.90. The zero-order valence-corrected chi connectivity index (χ0v) is 16.3. The molecule has 144 valence electrons. The smallest absolute Gasteiger partial charge is 0.321 e. The lowest BCUT2D eigenvalue weighted by Crippen LogP contribution is -2.37. The van der Waals surface area contributed by atoms with E-state index in [2.05, 4.69) is 5.32 Å². The van der Waals surface area contributed by atoms with E-state index >= 15 is 0 Å². The Balaban J connectivity index is 1.62. The Labute approximate surface area is 159 Å². The second-order valence-electron chi connectivity index (χ2n) is 6.70. The molecule has 2 saturated heterocycles. The van der Waals surface area contributed by atoms with Crippen LogP contribution in [0.25, 0.3) is 0 Å². The van der Waals surface area contributed by atoms with Crippen molar-refractivity contribution >= 4 is 33.3 Å². The summed E-state index contributed by atoms with van der Waals surface area (Å²) in [6, 6.07) is 6.75. The number of nitrogens with zero attached hydrogens (tertiary/aromatic N) is 2. The van der Waals surface area contributed by atoms with Crippen LogP contribution >= 0.6 is 11.6 Å². The summed E-state index contributed by atoms with van der Waals surface area (Å²) >= 11 is 5.94. The van der Waals surface area contributed by atoms with Gasteiger partial charge in [0.2, 0.25) is 10.0 Å². The monoisotopic (exact) mass is 401 g/mol. The summed E-state index contributed by atoms with van der Waals surface area (Å²) in [6.07, 6.45) is 1.13. The first-order valence-electron chi connectivity index (χ1n) is 8.71. The molecule has 2 amide bonds. The van der Waals surface area contributed by atoms with Gasteiger partial charge in [0.15, 0.2) is 0 Å². The highest BCUT2D eigenvalue weighted by Crippen LogP contribution is 2.34. The van der Waals surface area contributed by atoms with Gasteiger partial charge in [-0.05, 0) is 37.0 Å². The number of benzene rings is 1. The van der Waals surface area contributed by atoms with E-state index in [0.717, 1.165) is 0 Å². The number of rotatable bonds is 4. The summed E-state index contributed by atoms with van der Waals surface area (Å²) < 4.78 is 32.0. The van der Waals surface area contributed by atoms with Crippen LogP contribution < -0.4 is 5.32 Å². The SMILES string of the molecule is COCCN1C[C@H]2CCN(C(=O)Nc3cccc(Cl)c3)CC[C@H]2S1(=O)=O. The van der Waals surface area contributed by atoms with Gasteiger partial charge in [0, 0.05) is 44.0 Å². The number of urea groups is 1. The molecule has 0 aliphatic carbocycles. The Bertz CT molecular complexity index is 758. The average Bonchev–Trinajstić information content (AvgIpc) is 2.74. The summed E-state index contributed by atoms with van der Waals surface area (Å²) in [5, 5.41) is 2.97. The molecule has 2 atom stereocenters. The molecule has 0 radical (unpaired) electrons. The predicted octanol–water partition coefficient (Wildman–Crippen LogP) is 2.24. The van der Waals surface area contributed by atoms with E-state index in [1.54, 1.807) is 36.3 Å². The number of ether oxygens (including phenoxy) is 1. The molecule has 2 aliphatic heterocycles. The Morgan fingerprint density at radius 2 is 2.12 bits per heavy atom. The minimum Gasteiger partial charge on any atom is -0.383 e. The van der Waals surface area contributed by atoms with Crippen LogP contribution in [0.4, 0.5) is 10.5 Å². The van der Waals surface area contributed by atoms with Gasteiger partial charge >= 0.3 is 6.03 Å². The van der Waals surface area contributed by atoms with Crippen LogP contribution in [0.1, 0.15) is 12.8 Å². The van der Waals surface area contributed by atoms with Crippen molar-refractivity contribution in [1.29, 1.82) is 0 Å². The molecule has 0 saturated carbocycles. The molecule has 3 rings (SSSR count). The summed E-state index contributed by atoms with van der Waals surface area (Å²) in [4.78, 5) is 14.2. The summed E-state index contributed by atoms with van der Waals surface area (Å²) in [5.41, 5.74) is 0.630. The van der Waals surface area contributed by atoms with Crippen molar-refractivity contribution in [1.82, 2.24) is 9.21 Å². The predicted molar refractivity (Wildman–Crippen MR) is 101 cm³/mol. The van der Waals surface area contributed by atoms with E-state index in [0.29, 0.717) is 56.3 Å². The fourth-order valence-corrected chi connectivity index (χ4v) is 6.09. The van der Waals surface area contributed by atoms with Crippen molar-refractivity contribution in [3.8, 4) is 0 Å². The van der Waals surface area contributed by atoms with Crippen LogP contribution in [0.3, 0.4) is 0 Å². The molecule has 2 heterocycles. The first-order chi connectivity index (χ1) is 12.4. The molecular weight excluding hydrogens is 378 g/mol. The third kappa shape index (κ3) is 4.14. The molecule has 1 N–H and O–H groups in total. The average molecular weight is 402 g/mol. The molecular formula is C17H24ClN3O4S. The van der Waals surface area contributed by atoms with E-state index in [1.807, 2.05) is 0 Å². The minimum atomic E-state index is -3.32. The van der Waals surface area contributed by atoms with E-state index in [9.17, 15) is 13.2 Å². The number of carbonyl (C=O) groups excluding carboxylic acids is 1. The van der Waals surface area contributed by atoms with Crippen LogP contribution in [-0.4, -0.2) is 68.8 Å². The Morgan fingerprint density at radius 3 is 2.85 bits per heavy atom. The molecule has 0 aromatic heterocycles. The van der Waals surface area contributed by atoms with E-state index in [4.69, 9.17) is 16.3 Å². The lowest BCUT2D eigenvalue weighted by atomic mass is 10.0. The second-order valence-corrected chi connectivity index (χ2v) is 9.29. The van der Waals surface area contributed by atoms with Gasteiger partial charge in [0.1, 0.15) is 0 Å². The van der Waals surface area contributed by atoms with E-state index < -0.39 is 15.3 Å². The lowest BCUT2D eigenvalue weighted by Gasteiger charge is -2.22. The van der Waals surface area contributed by atoms with Crippen molar-refractivity contribution in [3.63, 3.8) is 0 Å². The van der Waals surface area contributed by atoms with Crippen LogP contribution in [0.2, 0.25) is 5.02 Å². The normalized spacial score (nSPS) is 25.5. The van der Waals surface area contributed by atoms with Gasteiger partial charge in [0.25, 0.3) is 0 Å². The first kappa shape index (κ1) is 19.4. The van der Waals surface area contributed by atoms with E-state index in [-0.39, 0.29) is 11.9 Å². The van der Waals surface area contributed by atoms with Crippen molar-refractivity contribution in [3.05, 3.63) is 29.3 Å². The topological polar surface area (TPSA) is 79.0 Å². The lowest BCUT2D eigenvalue weighted by molar-refractivity contribution is 0.178. The third-order valence-electron chi connectivity index (χ3n) is 5.07. The number of anilines is 1. The van der Waals surface area contributed by atoms with Crippen LogP contribution in [0, 0.1) is 5.92 Å². The number of halogens is 1. The molecule has 7 nitrogen and oxygen atoms in total. The number of sulfonamides is 1. The number of hydrogen-bond donors (Lipinski definition) is 1. The summed E-state index contributed by atoms with van der Waals surface area (Å²) in [7, 11) is -1.75. The van der Waals surface area contributed by atoms with Gasteiger partial charge in [0.05, 0.1) is 11.9 Å². The van der Waals surface area contributed by atoms with Crippen molar-refractivity contribution in [2.75, 3.05) is 45.2 Å². The summed E-state index contributed by atoms with van der Waals surface area (Å²) in [5.74, 6) is 0.0563. The highest BCUT2D eigenvalue weighted by Gasteiger charge is 2.46. The number of fused-ring (bicyclic) bond motifs is 1. The van der Waals surface area contributed by atoms with Crippen molar-refractivity contribution < 1.29 is 17.9 Å². The fourth-order valence-electron chi connectivity index (χ4n) is 3.68. The summed E-state index contributed by atoms with van der Waals surface area (Å²) in [6.45, 7) is 2.27. The van der Waals surface area contributed by atoms with Crippen LogP contribution in [0.15, 0.2) is 24.3 Å². The van der Waals surface area contributed by atoms with Gasteiger partial charge < -0.3 is 15.0 Å². The maximum Gasteiger partial charge on any atom is 0.321 e. The second kappa shape index (κ2) is 8.12. The van der Waals surface area contributed by atoms with Gasteiger partial charge in [-0.2, -0.15) is 4.31 Å². The largest absolute Gasteiger partial charge is 0.383 e. The third-order valence-corrected chi connectivity index (χ3v) is 7.74. The number of nitrogens with one attached hydrogen (secondary N) is 1. The Kier molecular flexibility index (Phi) is 6.06. The molecule has 0 bridgehead atoms. The molecule has 9 heteroatoms.